The van der Waals surface area contributed by atoms with Gasteiger partial charge < -0.3 is 19.4 Å². The van der Waals surface area contributed by atoms with Crippen molar-refractivity contribution in [2.75, 3.05) is 39.9 Å². The minimum Gasteiger partial charge on any atom is -0.383 e. The summed E-state index contributed by atoms with van der Waals surface area (Å²) in [6.07, 6.45) is 5.96. The molecular weight excluding hydrogens is 304 g/mol. The second-order valence-electron chi connectivity index (χ2n) is 6.58. The zero-order chi connectivity index (χ0) is 16.9. The quantitative estimate of drug-likeness (QED) is 0.876. The SMILES string of the molecule is COCCN1CCC(CNC(=O)c2cn3ccc(C)cc3n2)CC1. The van der Waals surface area contributed by atoms with E-state index >= 15 is 0 Å². The van der Waals surface area contributed by atoms with E-state index in [4.69, 9.17) is 4.74 Å². The van der Waals surface area contributed by atoms with Gasteiger partial charge in [0.2, 0.25) is 0 Å². The summed E-state index contributed by atoms with van der Waals surface area (Å²) < 4.78 is 7.01. The van der Waals surface area contributed by atoms with Crippen LogP contribution in [0.25, 0.3) is 5.65 Å². The molecule has 1 N–H and O–H groups in total. The molecule has 0 aromatic carbocycles. The van der Waals surface area contributed by atoms with Gasteiger partial charge in [-0.1, -0.05) is 0 Å². The lowest BCUT2D eigenvalue weighted by Crippen LogP contribution is -2.39. The van der Waals surface area contributed by atoms with Crippen molar-refractivity contribution < 1.29 is 9.53 Å². The number of fused-ring (bicyclic) bond motifs is 1. The van der Waals surface area contributed by atoms with Gasteiger partial charge in [-0.25, -0.2) is 4.98 Å². The highest BCUT2D eigenvalue weighted by Crippen LogP contribution is 2.16. The summed E-state index contributed by atoms with van der Waals surface area (Å²) in [5, 5.41) is 3.04. The number of hydrogen-bond acceptors (Lipinski definition) is 4. The number of methoxy groups -OCH3 is 1. The van der Waals surface area contributed by atoms with Crippen molar-refractivity contribution in [3.05, 3.63) is 35.8 Å². The van der Waals surface area contributed by atoms with Crippen molar-refractivity contribution >= 4 is 11.6 Å². The first-order chi connectivity index (χ1) is 11.7. The van der Waals surface area contributed by atoms with Gasteiger partial charge in [-0.2, -0.15) is 0 Å². The number of carbonyl (C=O) groups is 1. The first kappa shape index (κ1) is 16.9. The Morgan fingerprint density at radius 3 is 2.96 bits per heavy atom. The number of rotatable bonds is 6. The van der Waals surface area contributed by atoms with E-state index in [-0.39, 0.29) is 5.91 Å². The third-order valence-corrected chi connectivity index (χ3v) is 4.72. The van der Waals surface area contributed by atoms with Crippen LogP contribution < -0.4 is 5.32 Å². The molecule has 0 aliphatic carbocycles. The lowest BCUT2D eigenvalue weighted by atomic mass is 9.97. The molecule has 3 heterocycles. The molecule has 6 heteroatoms. The topological polar surface area (TPSA) is 58.9 Å². The average molecular weight is 330 g/mol. The molecule has 2 aromatic rings. The third-order valence-electron chi connectivity index (χ3n) is 4.72. The van der Waals surface area contributed by atoms with Gasteiger partial charge in [0.15, 0.2) is 0 Å². The van der Waals surface area contributed by atoms with Crippen LogP contribution in [0.4, 0.5) is 0 Å². The molecule has 1 saturated heterocycles. The molecule has 3 rings (SSSR count). The van der Waals surface area contributed by atoms with Gasteiger partial charge in [0.25, 0.3) is 5.91 Å². The predicted molar refractivity (Wildman–Crippen MR) is 93.3 cm³/mol. The number of pyridine rings is 1. The van der Waals surface area contributed by atoms with Gasteiger partial charge in [0.05, 0.1) is 6.61 Å². The van der Waals surface area contributed by atoms with Crippen molar-refractivity contribution in [3.8, 4) is 0 Å². The number of aryl methyl sites for hydroxylation is 1. The van der Waals surface area contributed by atoms with Crippen molar-refractivity contribution in [1.29, 1.82) is 0 Å². The molecule has 1 aliphatic heterocycles. The van der Waals surface area contributed by atoms with E-state index in [1.54, 1.807) is 13.3 Å². The number of imidazole rings is 1. The summed E-state index contributed by atoms with van der Waals surface area (Å²) in [4.78, 5) is 19.2. The summed E-state index contributed by atoms with van der Waals surface area (Å²) in [5.41, 5.74) is 2.44. The zero-order valence-electron chi connectivity index (χ0n) is 14.5. The maximum Gasteiger partial charge on any atom is 0.271 e. The molecule has 0 radical (unpaired) electrons. The Kier molecular flexibility index (Phi) is 5.48. The van der Waals surface area contributed by atoms with E-state index in [0.29, 0.717) is 11.6 Å². The Labute approximate surface area is 142 Å². The highest BCUT2D eigenvalue weighted by Gasteiger charge is 2.20. The molecule has 24 heavy (non-hydrogen) atoms. The molecule has 6 nitrogen and oxygen atoms in total. The first-order valence-electron chi connectivity index (χ1n) is 8.60. The van der Waals surface area contributed by atoms with Crippen LogP contribution in [-0.4, -0.2) is 60.1 Å². The highest BCUT2D eigenvalue weighted by atomic mass is 16.5. The molecule has 0 bridgehead atoms. The number of amides is 1. The smallest absolute Gasteiger partial charge is 0.271 e. The minimum atomic E-state index is -0.0850. The van der Waals surface area contributed by atoms with Crippen LogP contribution in [0.2, 0.25) is 0 Å². The molecule has 130 valence electrons. The average Bonchev–Trinajstić information content (AvgIpc) is 3.02. The van der Waals surface area contributed by atoms with E-state index < -0.39 is 0 Å². The molecule has 0 saturated carbocycles. The second-order valence-corrected chi connectivity index (χ2v) is 6.58. The number of hydrogen-bond donors (Lipinski definition) is 1. The van der Waals surface area contributed by atoms with Crippen molar-refractivity contribution in [2.24, 2.45) is 5.92 Å². The summed E-state index contributed by atoms with van der Waals surface area (Å²) in [5.74, 6) is 0.463. The highest BCUT2D eigenvalue weighted by molar-refractivity contribution is 5.92. The molecule has 1 fully saturated rings. The zero-order valence-corrected chi connectivity index (χ0v) is 14.5. The lowest BCUT2D eigenvalue weighted by molar-refractivity contribution is 0.0921. The Morgan fingerprint density at radius 1 is 1.42 bits per heavy atom. The van der Waals surface area contributed by atoms with Crippen LogP contribution in [-0.2, 0) is 4.74 Å². The number of carbonyl (C=O) groups excluding carboxylic acids is 1. The van der Waals surface area contributed by atoms with Crippen LogP contribution in [0.15, 0.2) is 24.5 Å². The molecule has 1 amide bonds. The maximum absolute atomic E-state index is 12.3. The lowest BCUT2D eigenvalue weighted by Gasteiger charge is -2.31. The minimum absolute atomic E-state index is 0.0850. The van der Waals surface area contributed by atoms with Crippen molar-refractivity contribution in [2.45, 2.75) is 19.8 Å². The van der Waals surface area contributed by atoms with Crippen LogP contribution in [0.1, 0.15) is 28.9 Å². The van der Waals surface area contributed by atoms with Crippen molar-refractivity contribution in [3.63, 3.8) is 0 Å². The monoisotopic (exact) mass is 330 g/mol. The number of nitrogens with one attached hydrogen (secondary N) is 1. The fraction of sp³-hybridized carbons (Fsp3) is 0.556. The van der Waals surface area contributed by atoms with E-state index in [9.17, 15) is 4.79 Å². The van der Waals surface area contributed by atoms with Crippen LogP contribution >= 0.6 is 0 Å². The van der Waals surface area contributed by atoms with Gasteiger partial charge in [0.1, 0.15) is 11.3 Å². The largest absolute Gasteiger partial charge is 0.383 e. The molecule has 2 aromatic heterocycles. The summed E-state index contributed by atoms with van der Waals surface area (Å²) in [6, 6.07) is 3.99. The predicted octanol–water partition coefficient (Wildman–Crippen LogP) is 1.73. The summed E-state index contributed by atoms with van der Waals surface area (Å²) in [7, 11) is 1.74. The molecular formula is C18H26N4O2. The summed E-state index contributed by atoms with van der Waals surface area (Å²) >= 11 is 0. The van der Waals surface area contributed by atoms with Gasteiger partial charge >= 0.3 is 0 Å². The Balaban J connectivity index is 1.48. The summed E-state index contributed by atoms with van der Waals surface area (Å²) in [6.45, 7) is 6.69. The Hall–Kier alpha value is -1.92. The fourth-order valence-corrected chi connectivity index (χ4v) is 3.16. The number of nitrogens with zero attached hydrogens (tertiary/aromatic N) is 3. The van der Waals surface area contributed by atoms with E-state index in [2.05, 4.69) is 15.2 Å². The van der Waals surface area contributed by atoms with Crippen LogP contribution in [0, 0.1) is 12.8 Å². The first-order valence-corrected chi connectivity index (χ1v) is 8.60. The molecule has 0 unspecified atom stereocenters. The molecule has 0 spiro atoms. The number of likely N-dealkylation sites (tertiary alicyclic amines) is 1. The van der Waals surface area contributed by atoms with E-state index in [1.807, 2.05) is 29.7 Å². The number of aromatic nitrogens is 2. The number of ether oxygens (including phenoxy) is 1. The van der Waals surface area contributed by atoms with E-state index in [0.717, 1.165) is 56.8 Å². The van der Waals surface area contributed by atoms with Crippen molar-refractivity contribution in [1.82, 2.24) is 19.6 Å². The number of piperidine rings is 1. The van der Waals surface area contributed by atoms with Gasteiger partial charge in [-0.05, 0) is 56.5 Å². The normalized spacial score (nSPS) is 16.6. The van der Waals surface area contributed by atoms with Crippen LogP contribution in [0.5, 0.6) is 0 Å². The van der Waals surface area contributed by atoms with E-state index in [1.165, 1.54) is 0 Å². The third kappa shape index (κ3) is 4.13. The van der Waals surface area contributed by atoms with Crippen LogP contribution in [0.3, 0.4) is 0 Å². The molecule has 0 atom stereocenters. The second kappa shape index (κ2) is 7.77. The van der Waals surface area contributed by atoms with Gasteiger partial charge in [0, 0.05) is 32.6 Å². The fourth-order valence-electron chi connectivity index (χ4n) is 3.16. The van der Waals surface area contributed by atoms with Gasteiger partial charge in [-0.3, -0.25) is 4.79 Å². The Bertz CT molecular complexity index is 689. The molecule has 1 aliphatic rings. The maximum atomic E-state index is 12.3. The Morgan fingerprint density at radius 2 is 2.21 bits per heavy atom. The standard InChI is InChI=1S/C18H26N4O2/c1-14-3-8-22-13-16(20-17(22)11-14)18(23)19-12-15-4-6-21(7-5-15)9-10-24-2/h3,8,11,13,15H,4-7,9-10,12H2,1-2H3,(H,19,23). The van der Waals surface area contributed by atoms with Gasteiger partial charge in [-0.15, -0.1) is 0 Å².